The summed E-state index contributed by atoms with van der Waals surface area (Å²) in [5.74, 6) is 2.14. The molecule has 1 aromatic heterocycles. The first kappa shape index (κ1) is 22.1. The van der Waals surface area contributed by atoms with Crippen molar-refractivity contribution in [2.75, 3.05) is 40.6 Å². The normalized spacial score (nSPS) is 16.9. The number of carbonyl (C=O) groups is 1. The first-order chi connectivity index (χ1) is 16.6. The minimum Gasteiger partial charge on any atom is -0.492 e. The van der Waals surface area contributed by atoms with Crippen LogP contribution in [0.2, 0.25) is 0 Å². The molecule has 0 fully saturated rings. The highest BCUT2D eigenvalue weighted by Gasteiger charge is 2.38. The number of amides is 1. The molecule has 2 aromatic carbocycles. The molecule has 1 atom stereocenters. The van der Waals surface area contributed by atoms with Gasteiger partial charge in [0.05, 0.1) is 18.4 Å². The highest BCUT2D eigenvalue weighted by Crippen LogP contribution is 2.50. The van der Waals surface area contributed by atoms with Crippen LogP contribution in [0.1, 0.15) is 39.8 Å². The van der Waals surface area contributed by atoms with Gasteiger partial charge in [-0.3, -0.25) is 9.69 Å². The number of hydrogen-bond acceptors (Lipinski definition) is 9. The summed E-state index contributed by atoms with van der Waals surface area (Å²) in [5.41, 5.74) is 2.99. The van der Waals surface area contributed by atoms with Crippen molar-refractivity contribution in [3.63, 3.8) is 0 Å². The molecule has 0 aliphatic carbocycles. The fourth-order valence-corrected chi connectivity index (χ4v) is 4.52. The molecule has 0 spiro atoms. The summed E-state index contributed by atoms with van der Waals surface area (Å²) >= 11 is 0. The van der Waals surface area contributed by atoms with Crippen LogP contribution in [-0.4, -0.2) is 76.8 Å². The Balaban J connectivity index is 1.61. The second kappa shape index (κ2) is 9.27. The molecule has 5 rings (SSSR count). The predicted octanol–water partition coefficient (Wildman–Crippen LogP) is 1.09. The molecule has 0 radical (unpaired) electrons. The number of aliphatic hydroxyl groups is 1. The first-order valence-corrected chi connectivity index (χ1v) is 11.1. The number of aromatic nitrogens is 4. The van der Waals surface area contributed by atoms with Gasteiger partial charge in [0.15, 0.2) is 17.3 Å². The van der Waals surface area contributed by atoms with Gasteiger partial charge in [-0.15, -0.1) is 5.10 Å². The average Bonchev–Trinajstić information content (AvgIpc) is 3.52. The Kier molecular flexibility index (Phi) is 6.03. The van der Waals surface area contributed by atoms with E-state index in [9.17, 15) is 4.79 Å². The molecule has 3 aromatic rings. The lowest BCUT2D eigenvalue weighted by atomic mass is 9.90. The predicted molar refractivity (Wildman–Crippen MR) is 120 cm³/mol. The van der Waals surface area contributed by atoms with Gasteiger partial charge in [0, 0.05) is 25.3 Å². The van der Waals surface area contributed by atoms with Gasteiger partial charge >= 0.3 is 0 Å². The Morgan fingerprint density at radius 3 is 3.00 bits per heavy atom. The number of methoxy groups -OCH3 is 1. The van der Waals surface area contributed by atoms with Crippen LogP contribution in [0.15, 0.2) is 30.3 Å². The fraction of sp³-hybridized carbons (Fsp3) is 0.391. The summed E-state index contributed by atoms with van der Waals surface area (Å²) in [6.07, 6.45) is 1.28. The minimum absolute atomic E-state index is 0.00673. The lowest BCUT2D eigenvalue weighted by molar-refractivity contribution is 0.0951. The number of ether oxygens (including phenoxy) is 3. The van der Waals surface area contributed by atoms with Crippen molar-refractivity contribution >= 4 is 5.91 Å². The minimum atomic E-state index is -0.339. The van der Waals surface area contributed by atoms with Crippen LogP contribution in [0, 0.1) is 0 Å². The number of fused-ring (bicyclic) bond motifs is 2. The number of para-hydroxylation sites is 1. The van der Waals surface area contributed by atoms with Gasteiger partial charge < -0.3 is 24.6 Å². The number of rotatable bonds is 7. The Morgan fingerprint density at radius 1 is 1.32 bits per heavy atom. The summed E-state index contributed by atoms with van der Waals surface area (Å²) < 4.78 is 18.7. The van der Waals surface area contributed by atoms with Crippen LogP contribution >= 0.6 is 0 Å². The molecule has 0 unspecified atom stereocenters. The zero-order valence-corrected chi connectivity index (χ0v) is 19.0. The molecular formula is C23H26N6O5. The third-order valence-electron chi connectivity index (χ3n) is 6.13. The topological polar surface area (TPSA) is 124 Å². The van der Waals surface area contributed by atoms with E-state index in [4.69, 9.17) is 19.3 Å². The molecule has 34 heavy (non-hydrogen) atoms. The van der Waals surface area contributed by atoms with Crippen LogP contribution < -0.4 is 19.5 Å². The Bertz CT molecular complexity index is 1210. The van der Waals surface area contributed by atoms with E-state index in [1.54, 1.807) is 30.0 Å². The largest absolute Gasteiger partial charge is 0.492 e. The molecule has 2 aliphatic heterocycles. The zero-order chi connectivity index (χ0) is 23.7. The van der Waals surface area contributed by atoms with Crippen LogP contribution in [0.5, 0.6) is 17.2 Å². The van der Waals surface area contributed by atoms with Crippen molar-refractivity contribution in [3.05, 3.63) is 52.8 Å². The smallest absolute Gasteiger partial charge is 0.253 e. The van der Waals surface area contributed by atoms with Crippen molar-refractivity contribution in [2.45, 2.75) is 18.9 Å². The number of nitrogens with one attached hydrogen (secondary N) is 1. The van der Waals surface area contributed by atoms with E-state index < -0.39 is 0 Å². The highest BCUT2D eigenvalue weighted by atomic mass is 16.7. The van der Waals surface area contributed by atoms with Crippen molar-refractivity contribution in [2.24, 2.45) is 0 Å². The number of aliphatic hydroxyl groups excluding tert-OH is 1. The summed E-state index contributed by atoms with van der Waals surface area (Å²) in [6.45, 7) is 1.30. The number of carbonyl (C=O) groups excluding carboxylic acids is 1. The van der Waals surface area contributed by atoms with E-state index in [-0.39, 0.29) is 25.3 Å². The number of tetrazole rings is 1. The van der Waals surface area contributed by atoms with E-state index in [1.165, 1.54) is 0 Å². The van der Waals surface area contributed by atoms with Gasteiger partial charge in [-0.2, -0.15) is 4.68 Å². The lowest BCUT2D eigenvalue weighted by Gasteiger charge is -2.34. The van der Waals surface area contributed by atoms with Gasteiger partial charge in [0.2, 0.25) is 12.5 Å². The maximum Gasteiger partial charge on any atom is 0.253 e. The van der Waals surface area contributed by atoms with E-state index >= 15 is 0 Å². The van der Waals surface area contributed by atoms with Crippen molar-refractivity contribution < 1.29 is 24.1 Å². The molecule has 0 saturated heterocycles. The molecular weight excluding hydrogens is 440 g/mol. The van der Waals surface area contributed by atoms with E-state index in [0.29, 0.717) is 47.3 Å². The van der Waals surface area contributed by atoms with Crippen LogP contribution in [-0.2, 0) is 6.42 Å². The summed E-state index contributed by atoms with van der Waals surface area (Å²) in [5, 5.41) is 24.4. The maximum absolute atomic E-state index is 12.9. The zero-order valence-electron chi connectivity index (χ0n) is 19.0. The fourth-order valence-electron chi connectivity index (χ4n) is 4.52. The third kappa shape index (κ3) is 3.72. The molecule has 3 heterocycles. The first-order valence-electron chi connectivity index (χ1n) is 11.1. The lowest BCUT2D eigenvalue weighted by Crippen LogP contribution is -2.35. The number of benzene rings is 2. The molecule has 11 heteroatoms. The second-order valence-corrected chi connectivity index (χ2v) is 8.15. The highest BCUT2D eigenvalue weighted by molar-refractivity contribution is 5.97. The third-order valence-corrected chi connectivity index (χ3v) is 6.13. The second-order valence-electron chi connectivity index (χ2n) is 8.15. The van der Waals surface area contributed by atoms with E-state index in [0.717, 1.165) is 24.1 Å². The Labute approximate surface area is 196 Å². The van der Waals surface area contributed by atoms with Crippen molar-refractivity contribution in [1.29, 1.82) is 0 Å². The SMILES string of the molecule is COc1c2c(cc3c1[C@@H](c1nnnn1-c1ccccc1C(=O)NCCCO)N(C)CC3)OCO2. The van der Waals surface area contributed by atoms with Gasteiger partial charge in [-0.05, 0) is 54.1 Å². The van der Waals surface area contributed by atoms with Crippen LogP contribution in [0.25, 0.3) is 5.69 Å². The maximum atomic E-state index is 12.9. The summed E-state index contributed by atoms with van der Waals surface area (Å²) in [4.78, 5) is 15.0. The summed E-state index contributed by atoms with van der Waals surface area (Å²) in [7, 11) is 3.61. The van der Waals surface area contributed by atoms with E-state index in [1.807, 2.05) is 19.2 Å². The summed E-state index contributed by atoms with van der Waals surface area (Å²) in [6, 6.07) is 8.82. The molecule has 1 amide bonds. The van der Waals surface area contributed by atoms with Gasteiger partial charge in [0.25, 0.3) is 5.91 Å². The molecule has 2 aliphatic rings. The van der Waals surface area contributed by atoms with Gasteiger partial charge in [-0.25, -0.2) is 0 Å². The van der Waals surface area contributed by atoms with Gasteiger partial charge in [-0.1, -0.05) is 12.1 Å². The van der Waals surface area contributed by atoms with Crippen molar-refractivity contribution in [1.82, 2.24) is 30.4 Å². The molecule has 178 valence electrons. The number of hydrogen-bond donors (Lipinski definition) is 2. The van der Waals surface area contributed by atoms with Crippen LogP contribution in [0.3, 0.4) is 0 Å². The molecule has 2 N–H and O–H groups in total. The van der Waals surface area contributed by atoms with Gasteiger partial charge in [0.1, 0.15) is 6.04 Å². The number of nitrogens with zero attached hydrogens (tertiary/aromatic N) is 5. The van der Waals surface area contributed by atoms with Crippen molar-refractivity contribution in [3.8, 4) is 22.9 Å². The number of likely N-dealkylation sites (N-methyl/N-ethyl adjacent to an activating group) is 1. The van der Waals surface area contributed by atoms with E-state index in [2.05, 4.69) is 25.7 Å². The molecule has 0 bridgehead atoms. The Morgan fingerprint density at radius 2 is 2.18 bits per heavy atom. The molecule has 0 saturated carbocycles. The molecule has 11 nitrogen and oxygen atoms in total. The average molecular weight is 466 g/mol. The Hall–Kier alpha value is -3.70. The standard InChI is InChI=1S/C23H26N6O5/c1-28-10-8-14-12-17-20(34-13-33-17)21(32-2)18(14)19(28)22-25-26-27-29(22)16-7-4-3-6-15(16)23(31)24-9-5-11-30/h3-4,6-7,12,19,30H,5,8-11,13H2,1-2H3,(H,24,31)/t19-/m0/s1. The quantitative estimate of drug-likeness (QED) is 0.493. The monoisotopic (exact) mass is 466 g/mol. The van der Waals surface area contributed by atoms with Crippen LogP contribution in [0.4, 0.5) is 0 Å².